The zero-order chi connectivity index (χ0) is 16.0. The van der Waals surface area contributed by atoms with Crippen molar-refractivity contribution in [2.45, 2.75) is 84.0 Å². The van der Waals surface area contributed by atoms with E-state index in [2.05, 4.69) is 18.8 Å². The summed E-state index contributed by atoms with van der Waals surface area (Å²) in [7, 11) is 0. The minimum atomic E-state index is -1.06. The first-order valence-corrected chi connectivity index (χ1v) is 9.13. The quantitative estimate of drug-likeness (QED) is 0.422. The summed E-state index contributed by atoms with van der Waals surface area (Å²) in [6.07, 6.45) is 20.0. The Hall–Kier alpha value is -1.23. The van der Waals surface area contributed by atoms with Gasteiger partial charge >= 0.3 is 5.97 Å². The average Bonchev–Trinajstić information content (AvgIpc) is 2.93. The fraction of sp³-hybridized carbons (Fsp3) is 0.750. The van der Waals surface area contributed by atoms with Gasteiger partial charge in [0, 0.05) is 5.92 Å². The van der Waals surface area contributed by atoms with E-state index in [1.165, 1.54) is 70.6 Å². The third-order valence-electron chi connectivity index (χ3n) is 4.83. The minimum Gasteiger partial charge on any atom is -0.472 e. The van der Waals surface area contributed by atoms with E-state index in [-0.39, 0.29) is 0 Å². The second-order valence-electron chi connectivity index (χ2n) is 6.56. The van der Waals surface area contributed by atoms with Crippen LogP contribution in [-0.2, 0) is 4.79 Å². The van der Waals surface area contributed by atoms with Gasteiger partial charge in [-0.15, -0.1) is 0 Å². The van der Waals surface area contributed by atoms with E-state index in [0.29, 0.717) is 0 Å². The molecule has 0 radical (unpaired) electrons. The van der Waals surface area contributed by atoms with E-state index in [1.54, 1.807) is 6.08 Å². The molecule has 22 heavy (non-hydrogen) atoms. The van der Waals surface area contributed by atoms with E-state index in [0.717, 1.165) is 18.3 Å². The molecule has 0 saturated heterocycles. The largest absolute Gasteiger partial charge is 0.472 e. The molecule has 0 heterocycles. The van der Waals surface area contributed by atoms with Crippen LogP contribution in [0, 0.1) is 23.7 Å². The van der Waals surface area contributed by atoms with E-state index in [9.17, 15) is 4.79 Å². The van der Waals surface area contributed by atoms with Gasteiger partial charge in [0.25, 0.3) is 0 Å². The van der Waals surface area contributed by atoms with Crippen LogP contribution < -0.4 is 0 Å². The molecule has 1 aliphatic carbocycles. The molecule has 1 aliphatic rings. The van der Waals surface area contributed by atoms with Gasteiger partial charge in [-0.25, -0.2) is 4.79 Å². The van der Waals surface area contributed by atoms with Crippen LogP contribution in [0.15, 0.2) is 12.2 Å². The Labute approximate surface area is 136 Å². The number of allylic oxidation sites excluding steroid dienone is 2. The highest BCUT2D eigenvalue weighted by molar-refractivity contribution is 5.86. The molecule has 0 aromatic carbocycles. The van der Waals surface area contributed by atoms with Crippen molar-refractivity contribution in [3.63, 3.8) is 0 Å². The molecule has 1 saturated carbocycles. The predicted molar refractivity (Wildman–Crippen MR) is 92.6 cm³/mol. The normalized spacial score (nSPS) is 21.0. The SMILES string of the molecule is CCCCCCCC[C@H]1CCC[C@@H]1CCC=CC#CC(=O)O. The molecule has 0 aliphatic heterocycles. The minimum absolute atomic E-state index is 0.882. The molecule has 0 unspecified atom stereocenters. The molecule has 124 valence electrons. The Kier molecular flexibility index (Phi) is 10.5. The number of carboxylic acid groups (broad SMARTS) is 1. The molecule has 1 N–H and O–H groups in total. The lowest BCUT2D eigenvalue weighted by molar-refractivity contribution is -0.130. The summed E-state index contributed by atoms with van der Waals surface area (Å²) in [5, 5.41) is 8.42. The van der Waals surface area contributed by atoms with Crippen molar-refractivity contribution >= 4 is 5.97 Å². The van der Waals surface area contributed by atoms with Gasteiger partial charge in [0.1, 0.15) is 0 Å². The highest BCUT2D eigenvalue weighted by Crippen LogP contribution is 2.38. The Balaban J connectivity index is 2.12. The molecule has 0 bridgehead atoms. The average molecular weight is 304 g/mol. The molecule has 2 nitrogen and oxygen atoms in total. The molecule has 0 spiro atoms. The highest BCUT2D eigenvalue weighted by Gasteiger charge is 2.25. The Bertz CT molecular complexity index is 386. The number of hydrogen-bond donors (Lipinski definition) is 1. The molecule has 0 aromatic heterocycles. The second-order valence-corrected chi connectivity index (χ2v) is 6.56. The zero-order valence-corrected chi connectivity index (χ0v) is 14.2. The molecule has 1 rings (SSSR count). The maximum Gasteiger partial charge on any atom is 0.382 e. The van der Waals surface area contributed by atoms with Crippen LogP contribution in [0.3, 0.4) is 0 Å². The van der Waals surface area contributed by atoms with E-state index < -0.39 is 5.97 Å². The Morgan fingerprint density at radius 3 is 2.50 bits per heavy atom. The van der Waals surface area contributed by atoms with Gasteiger partial charge in [0.15, 0.2) is 0 Å². The summed E-state index contributed by atoms with van der Waals surface area (Å²) in [5.41, 5.74) is 0. The number of hydrogen-bond acceptors (Lipinski definition) is 1. The van der Waals surface area contributed by atoms with E-state index >= 15 is 0 Å². The zero-order valence-electron chi connectivity index (χ0n) is 14.2. The summed E-state index contributed by atoms with van der Waals surface area (Å²) in [6, 6.07) is 0. The molecule has 2 atom stereocenters. The van der Waals surface area contributed by atoms with Crippen LogP contribution in [0.4, 0.5) is 0 Å². The molecule has 0 amide bonds. The van der Waals surface area contributed by atoms with Crippen LogP contribution in [-0.4, -0.2) is 11.1 Å². The molecule has 0 aromatic rings. The first-order valence-electron chi connectivity index (χ1n) is 9.13. The van der Waals surface area contributed by atoms with Gasteiger partial charge in [-0.05, 0) is 30.8 Å². The van der Waals surface area contributed by atoms with Crippen molar-refractivity contribution in [3.05, 3.63) is 12.2 Å². The molecule has 1 fully saturated rings. The van der Waals surface area contributed by atoms with E-state index in [1.807, 2.05) is 6.08 Å². The van der Waals surface area contributed by atoms with Crippen molar-refractivity contribution in [1.82, 2.24) is 0 Å². The fourth-order valence-corrected chi connectivity index (χ4v) is 3.62. The number of carbonyl (C=O) groups is 1. The standard InChI is InChI=1S/C20H32O2/c1-2-3-4-5-6-9-13-18-15-12-16-19(18)14-10-7-8-11-17-20(21)22/h7-8,18-19H,2-6,9-10,12-16H2,1H3,(H,21,22)/t18-,19-/m0/s1. The van der Waals surface area contributed by atoms with Gasteiger partial charge in [0.2, 0.25) is 0 Å². The van der Waals surface area contributed by atoms with Gasteiger partial charge < -0.3 is 5.11 Å². The first-order chi connectivity index (χ1) is 10.7. The lowest BCUT2D eigenvalue weighted by Crippen LogP contribution is -2.07. The smallest absolute Gasteiger partial charge is 0.382 e. The predicted octanol–water partition coefficient (Wildman–Crippen LogP) is 5.58. The second kappa shape index (κ2) is 12.3. The Morgan fingerprint density at radius 2 is 1.77 bits per heavy atom. The molecular formula is C20H32O2. The van der Waals surface area contributed by atoms with E-state index in [4.69, 9.17) is 5.11 Å². The third-order valence-corrected chi connectivity index (χ3v) is 4.83. The lowest BCUT2D eigenvalue weighted by atomic mass is 9.87. The third kappa shape index (κ3) is 8.93. The maximum absolute atomic E-state index is 10.3. The number of carboxylic acids is 1. The van der Waals surface area contributed by atoms with Gasteiger partial charge in [-0.3, -0.25) is 0 Å². The van der Waals surface area contributed by atoms with Gasteiger partial charge in [-0.1, -0.05) is 83.1 Å². The van der Waals surface area contributed by atoms with Gasteiger partial charge in [0.05, 0.1) is 0 Å². The van der Waals surface area contributed by atoms with Crippen LogP contribution >= 0.6 is 0 Å². The van der Waals surface area contributed by atoms with Crippen molar-refractivity contribution in [2.75, 3.05) is 0 Å². The van der Waals surface area contributed by atoms with Crippen molar-refractivity contribution in [3.8, 4) is 11.8 Å². The van der Waals surface area contributed by atoms with Crippen LogP contribution in [0.25, 0.3) is 0 Å². The monoisotopic (exact) mass is 304 g/mol. The van der Waals surface area contributed by atoms with Crippen molar-refractivity contribution in [2.24, 2.45) is 11.8 Å². The van der Waals surface area contributed by atoms with Crippen molar-refractivity contribution < 1.29 is 9.90 Å². The fourth-order valence-electron chi connectivity index (χ4n) is 3.62. The van der Waals surface area contributed by atoms with Gasteiger partial charge in [-0.2, -0.15) is 0 Å². The first kappa shape index (κ1) is 18.8. The lowest BCUT2D eigenvalue weighted by Gasteiger charge is -2.18. The Morgan fingerprint density at radius 1 is 1.09 bits per heavy atom. The summed E-state index contributed by atoms with van der Waals surface area (Å²) >= 11 is 0. The van der Waals surface area contributed by atoms with Crippen molar-refractivity contribution in [1.29, 1.82) is 0 Å². The number of aliphatic carboxylic acids is 1. The number of unbranched alkanes of at least 4 members (excludes halogenated alkanes) is 5. The topological polar surface area (TPSA) is 37.3 Å². The molecule has 2 heteroatoms. The highest BCUT2D eigenvalue weighted by atomic mass is 16.4. The summed E-state index contributed by atoms with van der Waals surface area (Å²) < 4.78 is 0. The maximum atomic E-state index is 10.3. The summed E-state index contributed by atoms with van der Waals surface area (Å²) in [5.74, 6) is 5.42. The van der Waals surface area contributed by atoms with Crippen LogP contribution in [0.5, 0.6) is 0 Å². The summed E-state index contributed by atoms with van der Waals surface area (Å²) in [6.45, 7) is 2.27. The van der Waals surface area contributed by atoms with Crippen LogP contribution in [0.2, 0.25) is 0 Å². The molecular weight excluding hydrogens is 272 g/mol. The summed E-state index contributed by atoms with van der Waals surface area (Å²) in [4.78, 5) is 10.3. The van der Waals surface area contributed by atoms with Crippen LogP contribution in [0.1, 0.15) is 84.0 Å². The number of rotatable bonds is 10.